The second-order valence-electron chi connectivity index (χ2n) is 7.48. The van der Waals surface area contributed by atoms with Gasteiger partial charge in [-0.3, -0.25) is 9.59 Å². The number of nitrogens with zero attached hydrogens (tertiary/aromatic N) is 2. The number of ether oxygens (including phenoxy) is 1. The molecule has 1 aliphatic carbocycles. The monoisotopic (exact) mass is 400 g/mol. The molecule has 0 N–H and O–H groups in total. The molecular weight excluding hydrogens is 375 g/mol. The molecule has 0 radical (unpaired) electrons. The van der Waals surface area contributed by atoms with E-state index in [-0.39, 0.29) is 23.3 Å². The second kappa shape index (κ2) is 7.81. The van der Waals surface area contributed by atoms with Crippen LogP contribution in [0.4, 0.5) is 4.39 Å². The van der Waals surface area contributed by atoms with Crippen molar-refractivity contribution in [1.82, 2.24) is 9.47 Å². The molecular formula is C22H25FN2O4. The van der Waals surface area contributed by atoms with Crippen LogP contribution in [0.1, 0.15) is 62.2 Å². The molecule has 1 unspecified atom stereocenters. The first-order chi connectivity index (χ1) is 13.7. The van der Waals surface area contributed by atoms with Crippen LogP contribution >= 0.6 is 0 Å². The fraction of sp³-hybridized carbons (Fsp3) is 0.409. The van der Waals surface area contributed by atoms with E-state index in [1.807, 2.05) is 0 Å². The van der Waals surface area contributed by atoms with E-state index >= 15 is 0 Å². The lowest BCUT2D eigenvalue weighted by Crippen LogP contribution is -2.45. The van der Waals surface area contributed by atoms with Crippen LogP contribution in [-0.2, 0) is 11.8 Å². The number of carbonyl (C=O) groups is 3. The minimum Gasteiger partial charge on any atom is -0.464 e. The first kappa shape index (κ1) is 20.8. The van der Waals surface area contributed by atoms with Crippen LogP contribution in [0, 0.1) is 19.7 Å². The normalized spacial score (nSPS) is 14.4. The number of hydrogen-bond acceptors (Lipinski definition) is 4. The summed E-state index contributed by atoms with van der Waals surface area (Å²) in [4.78, 5) is 40.2. The zero-order chi connectivity index (χ0) is 21.5. The zero-order valence-electron chi connectivity index (χ0n) is 17.3. The highest BCUT2D eigenvalue weighted by Gasteiger charge is 2.40. The Morgan fingerprint density at radius 3 is 2.45 bits per heavy atom. The maximum atomic E-state index is 13.6. The topological polar surface area (TPSA) is 68.6 Å². The third-order valence-electron chi connectivity index (χ3n) is 5.60. The summed E-state index contributed by atoms with van der Waals surface area (Å²) in [6.45, 7) is 5.14. The third kappa shape index (κ3) is 3.69. The largest absolute Gasteiger partial charge is 0.464 e. The number of rotatable bonds is 6. The van der Waals surface area contributed by atoms with Gasteiger partial charge in [0.25, 0.3) is 5.91 Å². The number of ketones is 1. The van der Waals surface area contributed by atoms with Crippen molar-refractivity contribution in [3.63, 3.8) is 0 Å². The van der Waals surface area contributed by atoms with Crippen LogP contribution in [0.25, 0.3) is 0 Å². The van der Waals surface area contributed by atoms with Crippen LogP contribution in [0.15, 0.2) is 24.3 Å². The molecule has 1 aromatic heterocycles. The summed E-state index contributed by atoms with van der Waals surface area (Å²) in [5.41, 5.74) is 2.11. The molecule has 1 amide bonds. The summed E-state index contributed by atoms with van der Waals surface area (Å²) in [7, 11) is 2.99. The number of halogens is 1. The number of amides is 1. The summed E-state index contributed by atoms with van der Waals surface area (Å²) in [5, 5.41) is 0. The van der Waals surface area contributed by atoms with Crippen molar-refractivity contribution in [3.05, 3.63) is 58.2 Å². The standard InChI is InChI=1S/C22H25FN2O4/c1-12-18(13(2)24(4)19(12)22(28)29-5)20(26)14(3)25(17-9-10-17)21(27)15-7-6-8-16(23)11-15/h6-8,11,14,17H,9-10H2,1-5H3. The predicted octanol–water partition coefficient (Wildman–Crippen LogP) is 3.44. The Balaban J connectivity index is 1.98. The molecule has 6 nitrogen and oxygen atoms in total. The first-order valence-electron chi connectivity index (χ1n) is 9.55. The molecule has 0 spiro atoms. The Morgan fingerprint density at radius 1 is 1.24 bits per heavy atom. The predicted molar refractivity (Wildman–Crippen MR) is 106 cm³/mol. The highest BCUT2D eigenvalue weighted by atomic mass is 19.1. The van der Waals surface area contributed by atoms with E-state index in [0.29, 0.717) is 22.5 Å². The number of carbonyl (C=O) groups excluding carboxylic acids is 3. The van der Waals surface area contributed by atoms with E-state index in [1.54, 1.807) is 43.4 Å². The number of methoxy groups -OCH3 is 1. The molecule has 154 valence electrons. The summed E-state index contributed by atoms with van der Waals surface area (Å²) in [6, 6.07) is 4.69. The summed E-state index contributed by atoms with van der Waals surface area (Å²) in [5.74, 6) is -1.63. The van der Waals surface area contributed by atoms with Crippen molar-refractivity contribution in [1.29, 1.82) is 0 Å². The van der Waals surface area contributed by atoms with Crippen LogP contribution in [0.3, 0.4) is 0 Å². The van der Waals surface area contributed by atoms with E-state index < -0.39 is 17.8 Å². The van der Waals surface area contributed by atoms with E-state index in [2.05, 4.69) is 0 Å². The highest BCUT2D eigenvalue weighted by Crippen LogP contribution is 2.32. The third-order valence-corrected chi connectivity index (χ3v) is 5.60. The molecule has 2 aromatic rings. The molecule has 1 saturated carbocycles. The molecule has 1 aromatic carbocycles. The van der Waals surface area contributed by atoms with Crippen LogP contribution in [0.2, 0.25) is 0 Å². The van der Waals surface area contributed by atoms with Gasteiger partial charge in [0, 0.05) is 29.9 Å². The van der Waals surface area contributed by atoms with Crippen molar-refractivity contribution in [3.8, 4) is 0 Å². The molecule has 0 aliphatic heterocycles. The summed E-state index contributed by atoms with van der Waals surface area (Å²) < 4.78 is 20.1. The van der Waals surface area contributed by atoms with Gasteiger partial charge >= 0.3 is 5.97 Å². The molecule has 7 heteroatoms. The quantitative estimate of drug-likeness (QED) is 0.550. The highest BCUT2D eigenvalue weighted by molar-refractivity contribution is 6.07. The van der Waals surface area contributed by atoms with Crippen molar-refractivity contribution in [2.75, 3.05) is 7.11 Å². The van der Waals surface area contributed by atoms with Gasteiger partial charge in [0.2, 0.25) is 0 Å². The molecule has 1 fully saturated rings. The fourth-order valence-corrected chi connectivity index (χ4v) is 3.84. The molecule has 0 saturated heterocycles. The van der Waals surface area contributed by atoms with Crippen molar-refractivity contribution >= 4 is 17.7 Å². The van der Waals surface area contributed by atoms with Gasteiger partial charge in [-0.25, -0.2) is 9.18 Å². The molecule has 1 aliphatic rings. The second-order valence-corrected chi connectivity index (χ2v) is 7.48. The lowest BCUT2D eigenvalue weighted by Gasteiger charge is -2.29. The number of esters is 1. The van der Waals surface area contributed by atoms with Crippen LogP contribution < -0.4 is 0 Å². The smallest absolute Gasteiger partial charge is 0.354 e. The van der Waals surface area contributed by atoms with Gasteiger partial charge < -0.3 is 14.2 Å². The molecule has 3 rings (SSSR count). The van der Waals surface area contributed by atoms with Gasteiger partial charge in [0.15, 0.2) is 5.78 Å². The van der Waals surface area contributed by atoms with Crippen molar-refractivity contribution < 1.29 is 23.5 Å². The molecule has 0 bridgehead atoms. The average molecular weight is 400 g/mol. The van der Waals surface area contributed by atoms with Gasteiger partial charge in [-0.1, -0.05) is 6.07 Å². The minimum atomic E-state index is -0.747. The van der Waals surface area contributed by atoms with Gasteiger partial charge in [-0.2, -0.15) is 0 Å². The van der Waals surface area contributed by atoms with E-state index in [1.165, 1.54) is 25.3 Å². The van der Waals surface area contributed by atoms with E-state index in [9.17, 15) is 18.8 Å². The average Bonchev–Trinajstić information content (AvgIpc) is 3.49. The maximum Gasteiger partial charge on any atom is 0.354 e. The van der Waals surface area contributed by atoms with Crippen LogP contribution in [-0.4, -0.2) is 46.3 Å². The first-order valence-corrected chi connectivity index (χ1v) is 9.55. The Bertz CT molecular complexity index is 991. The number of benzene rings is 1. The zero-order valence-corrected chi connectivity index (χ0v) is 17.3. The number of Topliss-reactive ketones (excluding diaryl/α,β-unsaturated/α-hetero) is 1. The van der Waals surface area contributed by atoms with E-state index in [4.69, 9.17) is 4.74 Å². The van der Waals surface area contributed by atoms with E-state index in [0.717, 1.165) is 12.8 Å². The Labute approximate surface area is 169 Å². The maximum absolute atomic E-state index is 13.6. The van der Waals surface area contributed by atoms with Gasteiger partial charge in [0.05, 0.1) is 13.2 Å². The number of aromatic nitrogens is 1. The molecule has 29 heavy (non-hydrogen) atoms. The van der Waals surface area contributed by atoms with Gasteiger partial charge in [-0.05, 0) is 57.4 Å². The Kier molecular flexibility index (Phi) is 5.59. The van der Waals surface area contributed by atoms with Crippen LogP contribution in [0.5, 0.6) is 0 Å². The Hall–Kier alpha value is -2.96. The minimum absolute atomic E-state index is 0.0471. The molecule has 1 heterocycles. The van der Waals surface area contributed by atoms with Gasteiger partial charge in [-0.15, -0.1) is 0 Å². The lowest BCUT2D eigenvalue weighted by atomic mass is 9.99. The lowest BCUT2D eigenvalue weighted by molar-refractivity contribution is 0.0587. The van der Waals surface area contributed by atoms with Crippen molar-refractivity contribution in [2.24, 2.45) is 7.05 Å². The molecule has 1 atom stereocenters. The summed E-state index contributed by atoms with van der Waals surface area (Å²) in [6.07, 6.45) is 1.61. The SMILES string of the molecule is COC(=O)c1c(C)c(C(=O)C(C)N(C(=O)c2cccc(F)c2)C2CC2)c(C)n1C. The number of hydrogen-bond donors (Lipinski definition) is 0. The fourth-order valence-electron chi connectivity index (χ4n) is 3.84. The van der Waals surface area contributed by atoms with Gasteiger partial charge in [0.1, 0.15) is 11.5 Å². The summed E-state index contributed by atoms with van der Waals surface area (Å²) >= 11 is 0. The van der Waals surface area contributed by atoms with Crippen molar-refractivity contribution in [2.45, 2.75) is 45.7 Å². The Morgan fingerprint density at radius 2 is 1.90 bits per heavy atom.